The summed E-state index contributed by atoms with van der Waals surface area (Å²) in [6, 6.07) is 4.55. The van der Waals surface area contributed by atoms with Crippen LogP contribution < -0.4 is 14.8 Å². The summed E-state index contributed by atoms with van der Waals surface area (Å²) in [5.41, 5.74) is -1.07. The van der Waals surface area contributed by atoms with Crippen LogP contribution in [0.5, 0.6) is 5.88 Å². The topological polar surface area (TPSA) is 168 Å². The highest BCUT2D eigenvalue weighted by molar-refractivity contribution is 7.91. The predicted octanol–water partition coefficient (Wildman–Crippen LogP) is 2.84. The van der Waals surface area contributed by atoms with Crippen molar-refractivity contribution in [3.8, 4) is 16.5 Å². The average Bonchev–Trinajstić information content (AvgIpc) is 3.76. The van der Waals surface area contributed by atoms with Gasteiger partial charge in [0, 0.05) is 12.3 Å². The number of amides is 3. The van der Waals surface area contributed by atoms with E-state index in [1.165, 1.54) is 33.6 Å². The van der Waals surface area contributed by atoms with Crippen molar-refractivity contribution in [3.63, 3.8) is 0 Å². The summed E-state index contributed by atoms with van der Waals surface area (Å²) in [6.45, 7) is 8.85. The van der Waals surface area contributed by atoms with E-state index in [0.717, 1.165) is 10.4 Å². The number of likely N-dealkylation sites (tertiary alicyclic amines) is 1. The standard InChI is InChI=1S/C30H35N5O7S3/c1-5-16-14-30(16,28(39)34-45(40,41)18-8-9-18)33-24(37)20-13-17(15-35(20)27(38)23(36)29(2,3)4)42-25-22(21-7-6-11-43-21)31-19-10-12-44-26(19)32-25/h5-7,10-12,16-18,20,23,36H,1,8-9,13-15H2,2-4H3,(H,33,37)(H,34,39)/t16-,17-,20+,23-,30-/m1/s1. The number of hydrogen-bond acceptors (Lipinski definition) is 11. The molecule has 5 atom stereocenters. The van der Waals surface area contributed by atoms with Crippen molar-refractivity contribution < 1.29 is 32.6 Å². The molecule has 240 valence electrons. The number of carbonyl (C=O) groups is 3. The molecule has 3 N–H and O–H groups in total. The largest absolute Gasteiger partial charge is 0.471 e. The SMILES string of the molecule is C=C[C@@H]1C[C@]1(NC(=O)[C@@H]1C[C@@H](Oc2nc3sccc3nc2-c2cccs2)CN1C(=O)[C@@H](O)C(C)(C)C)C(=O)NS(=O)(=O)C1CC1. The van der Waals surface area contributed by atoms with E-state index in [1.54, 1.807) is 20.8 Å². The van der Waals surface area contributed by atoms with Gasteiger partial charge in [-0.1, -0.05) is 32.9 Å². The fourth-order valence-electron chi connectivity index (χ4n) is 5.51. The number of hydrogen-bond donors (Lipinski definition) is 3. The van der Waals surface area contributed by atoms with E-state index in [1.807, 2.05) is 29.0 Å². The Labute approximate surface area is 268 Å². The molecule has 3 aromatic heterocycles. The summed E-state index contributed by atoms with van der Waals surface area (Å²) in [6.07, 6.45) is 0.541. The lowest BCUT2D eigenvalue weighted by atomic mass is 9.88. The van der Waals surface area contributed by atoms with Gasteiger partial charge in [0.15, 0.2) is 0 Å². The molecule has 0 aromatic carbocycles. The minimum Gasteiger partial charge on any atom is -0.471 e. The van der Waals surface area contributed by atoms with Crippen LogP contribution in [0.1, 0.15) is 46.5 Å². The first-order valence-electron chi connectivity index (χ1n) is 14.7. The Bertz CT molecular complexity index is 1760. The van der Waals surface area contributed by atoms with Crippen LogP contribution in [0.3, 0.4) is 0 Å². The Kier molecular flexibility index (Phi) is 8.03. The van der Waals surface area contributed by atoms with Crippen molar-refractivity contribution in [1.82, 2.24) is 24.9 Å². The van der Waals surface area contributed by atoms with Gasteiger partial charge < -0.3 is 20.1 Å². The molecule has 3 amide bonds. The van der Waals surface area contributed by atoms with E-state index in [4.69, 9.17) is 14.7 Å². The van der Waals surface area contributed by atoms with Gasteiger partial charge in [-0.2, -0.15) is 4.98 Å². The van der Waals surface area contributed by atoms with Gasteiger partial charge in [0.25, 0.3) is 11.8 Å². The highest BCUT2D eigenvalue weighted by Gasteiger charge is 2.62. The van der Waals surface area contributed by atoms with Crippen LogP contribution in [0.25, 0.3) is 20.9 Å². The van der Waals surface area contributed by atoms with Crippen molar-refractivity contribution in [2.45, 2.75) is 75.5 Å². The van der Waals surface area contributed by atoms with E-state index in [2.05, 4.69) is 16.6 Å². The Morgan fingerprint density at radius 1 is 1.20 bits per heavy atom. The molecule has 3 aliphatic rings. The molecule has 3 fully saturated rings. The minimum atomic E-state index is -3.86. The van der Waals surface area contributed by atoms with Crippen LogP contribution in [-0.4, -0.2) is 81.7 Å². The van der Waals surface area contributed by atoms with Crippen molar-refractivity contribution in [3.05, 3.63) is 41.6 Å². The fraction of sp³-hybridized carbons (Fsp3) is 0.500. The molecular weight excluding hydrogens is 639 g/mol. The highest BCUT2D eigenvalue weighted by atomic mass is 32.2. The number of aromatic nitrogens is 2. The van der Waals surface area contributed by atoms with Crippen LogP contribution in [0.2, 0.25) is 0 Å². The van der Waals surface area contributed by atoms with Gasteiger partial charge in [0.05, 0.1) is 16.7 Å². The molecule has 45 heavy (non-hydrogen) atoms. The molecule has 3 aromatic rings. The second-order valence-electron chi connectivity index (χ2n) is 12.9. The lowest BCUT2D eigenvalue weighted by Crippen LogP contribution is -2.57. The number of thiophene rings is 2. The summed E-state index contributed by atoms with van der Waals surface area (Å²) >= 11 is 2.88. The van der Waals surface area contributed by atoms with Crippen LogP contribution in [0.4, 0.5) is 0 Å². The van der Waals surface area contributed by atoms with E-state index in [9.17, 15) is 27.9 Å². The minimum absolute atomic E-state index is 0.0295. The predicted molar refractivity (Wildman–Crippen MR) is 170 cm³/mol. The van der Waals surface area contributed by atoms with Gasteiger partial charge in [-0.05, 0) is 47.6 Å². The van der Waals surface area contributed by atoms with Gasteiger partial charge in [0.1, 0.15) is 39.8 Å². The van der Waals surface area contributed by atoms with Crippen molar-refractivity contribution >= 4 is 60.8 Å². The Morgan fingerprint density at radius 3 is 2.58 bits per heavy atom. The highest BCUT2D eigenvalue weighted by Crippen LogP contribution is 2.45. The molecule has 1 aliphatic heterocycles. The maximum absolute atomic E-state index is 13.9. The lowest BCUT2D eigenvalue weighted by molar-refractivity contribution is -0.150. The number of ether oxygens (including phenoxy) is 1. The van der Waals surface area contributed by atoms with Gasteiger partial charge in [-0.15, -0.1) is 29.3 Å². The number of fused-ring (bicyclic) bond motifs is 1. The van der Waals surface area contributed by atoms with Crippen LogP contribution >= 0.6 is 22.7 Å². The molecule has 1 saturated heterocycles. The number of nitrogens with zero attached hydrogens (tertiary/aromatic N) is 3. The zero-order chi connectivity index (χ0) is 32.3. The number of aliphatic hydroxyl groups excluding tert-OH is 1. The molecule has 2 aliphatic carbocycles. The van der Waals surface area contributed by atoms with Gasteiger partial charge in [-0.3, -0.25) is 19.1 Å². The molecule has 0 radical (unpaired) electrons. The van der Waals surface area contributed by atoms with Crippen molar-refractivity contribution in [2.75, 3.05) is 6.54 Å². The quantitative estimate of drug-likeness (QED) is 0.274. The zero-order valence-electron chi connectivity index (χ0n) is 25.1. The smallest absolute Gasteiger partial charge is 0.259 e. The summed E-state index contributed by atoms with van der Waals surface area (Å²) in [7, 11) is -3.86. The van der Waals surface area contributed by atoms with Gasteiger partial charge >= 0.3 is 0 Å². The number of sulfonamides is 1. The summed E-state index contributed by atoms with van der Waals surface area (Å²) in [5.74, 6) is -2.37. The number of rotatable bonds is 10. The average molecular weight is 674 g/mol. The third kappa shape index (κ3) is 6.10. The number of carbonyl (C=O) groups excluding carboxylic acids is 3. The van der Waals surface area contributed by atoms with Crippen LogP contribution in [0.15, 0.2) is 41.6 Å². The summed E-state index contributed by atoms with van der Waals surface area (Å²) in [5, 5.41) is 16.9. The molecule has 2 saturated carbocycles. The molecule has 4 heterocycles. The summed E-state index contributed by atoms with van der Waals surface area (Å²) < 4.78 is 33.6. The zero-order valence-corrected chi connectivity index (χ0v) is 27.5. The van der Waals surface area contributed by atoms with Crippen molar-refractivity contribution in [1.29, 1.82) is 0 Å². The lowest BCUT2D eigenvalue weighted by Gasteiger charge is -2.32. The first kappa shape index (κ1) is 31.6. The Balaban J connectivity index is 1.28. The molecular formula is C30H35N5O7S3. The van der Waals surface area contributed by atoms with E-state index >= 15 is 0 Å². The first-order valence-corrected chi connectivity index (χ1v) is 18.0. The third-order valence-electron chi connectivity index (χ3n) is 8.45. The first-order chi connectivity index (χ1) is 21.2. The molecule has 6 rings (SSSR count). The molecule has 0 spiro atoms. The molecule has 0 unspecified atom stereocenters. The second kappa shape index (κ2) is 11.4. The second-order valence-corrected chi connectivity index (χ2v) is 16.7. The third-order valence-corrected chi connectivity index (χ3v) is 11.9. The maximum Gasteiger partial charge on any atom is 0.259 e. The van der Waals surface area contributed by atoms with E-state index in [-0.39, 0.29) is 25.3 Å². The molecule has 15 heteroatoms. The number of aliphatic hydroxyl groups is 1. The molecule has 0 bridgehead atoms. The monoisotopic (exact) mass is 673 g/mol. The maximum atomic E-state index is 13.9. The van der Waals surface area contributed by atoms with Crippen molar-refractivity contribution in [2.24, 2.45) is 11.3 Å². The summed E-state index contributed by atoms with van der Waals surface area (Å²) in [4.78, 5) is 53.1. The van der Waals surface area contributed by atoms with E-state index < -0.39 is 68.1 Å². The van der Waals surface area contributed by atoms with Crippen LogP contribution in [-0.2, 0) is 24.4 Å². The fourth-order valence-corrected chi connectivity index (χ4v) is 8.28. The van der Waals surface area contributed by atoms with E-state index in [0.29, 0.717) is 23.4 Å². The molecule has 12 nitrogen and oxygen atoms in total. The van der Waals surface area contributed by atoms with Crippen LogP contribution in [0, 0.1) is 11.3 Å². The van der Waals surface area contributed by atoms with Gasteiger partial charge in [0.2, 0.25) is 21.8 Å². The normalized spacial score (nSPS) is 25.5. The number of nitrogens with one attached hydrogen (secondary N) is 2. The Morgan fingerprint density at radius 2 is 1.96 bits per heavy atom. The Hall–Kier alpha value is -3.40. The van der Waals surface area contributed by atoms with Gasteiger partial charge in [-0.25, -0.2) is 13.4 Å².